The zero-order chi connectivity index (χ0) is 19.7. The molecule has 138 valence electrons. The molecule has 0 radical (unpaired) electrons. The lowest BCUT2D eigenvalue weighted by molar-refractivity contribution is 0.0925. The van der Waals surface area contributed by atoms with Gasteiger partial charge in [-0.15, -0.1) is 0 Å². The quantitative estimate of drug-likeness (QED) is 0.704. The zero-order valence-corrected chi connectivity index (χ0v) is 14.7. The molecule has 3 aromatic rings. The van der Waals surface area contributed by atoms with Gasteiger partial charge in [0.15, 0.2) is 0 Å². The molecule has 4 rings (SSSR count). The minimum Gasteiger partial charge on any atom is -0.497 e. The third kappa shape index (κ3) is 2.96. The summed E-state index contributed by atoms with van der Waals surface area (Å²) in [5, 5.41) is 10.1. The first-order valence-electron chi connectivity index (χ1n) is 8.33. The van der Waals surface area contributed by atoms with Crippen molar-refractivity contribution in [2.24, 2.45) is 0 Å². The number of imide groups is 1. The molecule has 8 heteroatoms. The number of amides is 3. The molecule has 0 fully saturated rings. The highest BCUT2D eigenvalue weighted by Crippen LogP contribution is 2.27. The van der Waals surface area contributed by atoms with Crippen LogP contribution in [0, 0.1) is 0 Å². The van der Waals surface area contributed by atoms with Crippen molar-refractivity contribution >= 4 is 29.1 Å². The Balaban J connectivity index is 1.52. The molecular formula is C20H14N4O4. The lowest BCUT2D eigenvalue weighted by atomic mass is 10.1. The molecule has 2 heterocycles. The average Bonchev–Trinajstić information content (AvgIpc) is 2.99. The fourth-order valence-corrected chi connectivity index (χ4v) is 2.87. The van der Waals surface area contributed by atoms with E-state index in [1.54, 1.807) is 55.6 Å². The maximum atomic E-state index is 12.5. The molecule has 0 unspecified atom stereocenters. The van der Waals surface area contributed by atoms with Crippen molar-refractivity contribution in [3.05, 3.63) is 77.6 Å². The smallest absolute Gasteiger partial charge is 0.267 e. The van der Waals surface area contributed by atoms with Crippen LogP contribution in [0.1, 0.15) is 31.1 Å². The van der Waals surface area contributed by atoms with E-state index in [1.807, 2.05) is 0 Å². The van der Waals surface area contributed by atoms with Crippen molar-refractivity contribution in [1.29, 1.82) is 0 Å². The first-order chi connectivity index (χ1) is 13.6. The number of hydrogen-bond acceptors (Lipinski definition) is 6. The van der Waals surface area contributed by atoms with E-state index in [0.29, 0.717) is 22.7 Å². The molecule has 0 saturated heterocycles. The molecule has 1 aliphatic heterocycles. The van der Waals surface area contributed by atoms with Crippen LogP contribution in [0.3, 0.4) is 0 Å². The summed E-state index contributed by atoms with van der Waals surface area (Å²) in [5.74, 6) is -0.558. The molecule has 0 spiro atoms. The Morgan fingerprint density at radius 3 is 2.00 bits per heavy atom. The lowest BCUT2D eigenvalue weighted by Crippen LogP contribution is -2.29. The number of nitrogens with one attached hydrogen (secondary N) is 1. The highest BCUT2D eigenvalue weighted by molar-refractivity contribution is 6.34. The third-order valence-electron chi connectivity index (χ3n) is 4.33. The summed E-state index contributed by atoms with van der Waals surface area (Å²) in [6, 6.07) is 13.1. The second kappa shape index (κ2) is 6.92. The number of carbonyl (C=O) groups excluding carboxylic acids is 3. The second-order valence-corrected chi connectivity index (χ2v) is 5.99. The monoisotopic (exact) mass is 374 g/mol. The highest BCUT2D eigenvalue weighted by Gasteiger charge is 2.37. The molecule has 3 amide bonds. The van der Waals surface area contributed by atoms with Gasteiger partial charge in [-0.3, -0.25) is 14.4 Å². The van der Waals surface area contributed by atoms with E-state index in [1.165, 1.54) is 12.4 Å². The molecule has 8 nitrogen and oxygen atoms in total. The number of ether oxygens (including phenoxy) is 1. The zero-order valence-electron chi connectivity index (χ0n) is 14.7. The van der Waals surface area contributed by atoms with E-state index in [0.717, 1.165) is 4.90 Å². The summed E-state index contributed by atoms with van der Waals surface area (Å²) < 4.78 is 5.08. The van der Waals surface area contributed by atoms with Crippen LogP contribution in [0.5, 0.6) is 5.75 Å². The van der Waals surface area contributed by atoms with Crippen LogP contribution in [0.15, 0.2) is 60.9 Å². The van der Waals surface area contributed by atoms with Crippen molar-refractivity contribution in [2.45, 2.75) is 0 Å². The molecule has 0 aliphatic carbocycles. The number of rotatable bonds is 4. The Kier molecular flexibility index (Phi) is 4.29. The van der Waals surface area contributed by atoms with Crippen molar-refractivity contribution in [3.63, 3.8) is 0 Å². The molecule has 28 heavy (non-hydrogen) atoms. The van der Waals surface area contributed by atoms with Gasteiger partial charge in [-0.2, -0.15) is 10.2 Å². The van der Waals surface area contributed by atoms with Crippen molar-refractivity contribution in [3.8, 4) is 5.75 Å². The van der Waals surface area contributed by atoms with E-state index in [2.05, 4.69) is 15.5 Å². The number of nitrogens with zero attached hydrogens (tertiary/aromatic N) is 3. The van der Waals surface area contributed by atoms with E-state index in [4.69, 9.17) is 4.74 Å². The van der Waals surface area contributed by atoms with Gasteiger partial charge in [0.2, 0.25) is 0 Å². The summed E-state index contributed by atoms with van der Waals surface area (Å²) in [5.41, 5.74) is 1.80. The van der Waals surface area contributed by atoms with Gasteiger partial charge in [0.1, 0.15) is 5.75 Å². The van der Waals surface area contributed by atoms with Crippen molar-refractivity contribution in [1.82, 2.24) is 10.2 Å². The molecular weight excluding hydrogens is 360 g/mol. The summed E-state index contributed by atoms with van der Waals surface area (Å²) in [6.45, 7) is 0. The normalized spacial score (nSPS) is 12.7. The Morgan fingerprint density at radius 1 is 0.893 bits per heavy atom. The Hall–Kier alpha value is -4.07. The fraction of sp³-hybridized carbons (Fsp3) is 0.0500. The first kappa shape index (κ1) is 17.3. The van der Waals surface area contributed by atoms with Gasteiger partial charge in [-0.1, -0.05) is 0 Å². The van der Waals surface area contributed by atoms with Crippen LogP contribution in [-0.2, 0) is 0 Å². The van der Waals surface area contributed by atoms with Gasteiger partial charge >= 0.3 is 0 Å². The minimum atomic E-state index is -0.467. The molecule has 1 aliphatic rings. The van der Waals surface area contributed by atoms with Crippen LogP contribution < -0.4 is 15.0 Å². The number of anilines is 2. The number of methoxy groups -OCH3 is 1. The number of aromatic nitrogens is 2. The Morgan fingerprint density at radius 2 is 1.46 bits per heavy atom. The molecule has 0 saturated carbocycles. The fourth-order valence-electron chi connectivity index (χ4n) is 2.87. The predicted molar refractivity (Wildman–Crippen MR) is 101 cm³/mol. The Labute approximate surface area is 159 Å². The van der Waals surface area contributed by atoms with Crippen LogP contribution in [0.2, 0.25) is 0 Å². The summed E-state index contributed by atoms with van der Waals surface area (Å²) in [4.78, 5) is 38.4. The largest absolute Gasteiger partial charge is 0.497 e. The van der Waals surface area contributed by atoms with Gasteiger partial charge < -0.3 is 10.1 Å². The molecule has 1 aromatic heterocycles. The highest BCUT2D eigenvalue weighted by atomic mass is 16.5. The number of fused-ring (bicyclic) bond motifs is 1. The molecule has 0 atom stereocenters. The minimum absolute atomic E-state index is 0.210. The number of benzene rings is 2. The van der Waals surface area contributed by atoms with Gasteiger partial charge in [-0.05, 0) is 48.5 Å². The van der Waals surface area contributed by atoms with Crippen molar-refractivity contribution < 1.29 is 19.1 Å². The van der Waals surface area contributed by atoms with E-state index in [-0.39, 0.29) is 17.0 Å². The van der Waals surface area contributed by atoms with E-state index >= 15 is 0 Å². The third-order valence-corrected chi connectivity index (χ3v) is 4.33. The van der Waals surface area contributed by atoms with E-state index < -0.39 is 11.8 Å². The van der Waals surface area contributed by atoms with Crippen molar-refractivity contribution in [2.75, 3.05) is 17.3 Å². The van der Waals surface area contributed by atoms with Gasteiger partial charge in [0.05, 0.1) is 36.3 Å². The Bertz CT molecular complexity index is 1040. The van der Waals surface area contributed by atoms with Crippen LogP contribution >= 0.6 is 0 Å². The molecule has 1 N–H and O–H groups in total. The predicted octanol–water partition coefficient (Wildman–Crippen LogP) is 2.54. The molecule has 0 bridgehead atoms. The first-order valence-corrected chi connectivity index (χ1v) is 8.33. The maximum absolute atomic E-state index is 12.5. The summed E-state index contributed by atoms with van der Waals surface area (Å²) in [7, 11) is 1.57. The van der Waals surface area contributed by atoms with Crippen LogP contribution in [-0.4, -0.2) is 35.0 Å². The molecule has 2 aromatic carbocycles. The van der Waals surface area contributed by atoms with Crippen LogP contribution in [0.25, 0.3) is 0 Å². The van der Waals surface area contributed by atoms with Gasteiger partial charge in [0, 0.05) is 11.3 Å². The number of hydrogen-bond donors (Lipinski definition) is 1. The topological polar surface area (TPSA) is 101 Å². The summed E-state index contributed by atoms with van der Waals surface area (Å²) >= 11 is 0. The van der Waals surface area contributed by atoms with Gasteiger partial charge in [0.25, 0.3) is 17.7 Å². The average molecular weight is 374 g/mol. The lowest BCUT2D eigenvalue weighted by Gasteiger charge is -2.14. The van der Waals surface area contributed by atoms with Gasteiger partial charge in [-0.25, -0.2) is 4.90 Å². The number of carbonyl (C=O) groups is 3. The van der Waals surface area contributed by atoms with E-state index in [9.17, 15) is 14.4 Å². The standard InChI is InChI=1S/C20H14N4O4/c1-28-15-8-4-13(5-9-15)23-18(25)12-2-6-14(7-3-12)24-19(26)16-10-21-22-11-17(16)20(24)27/h2-11H,1H3,(H,23,25). The summed E-state index contributed by atoms with van der Waals surface area (Å²) in [6.07, 6.45) is 2.54. The maximum Gasteiger partial charge on any atom is 0.267 e. The second-order valence-electron chi connectivity index (χ2n) is 5.99. The van der Waals surface area contributed by atoms with Crippen LogP contribution in [0.4, 0.5) is 11.4 Å². The SMILES string of the molecule is COc1ccc(NC(=O)c2ccc(N3C(=O)c4cnncc4C3=O)cc2)cc1.